The SMILES string of the molecule is CN1CCCC(Nc2ccc(CS(N)(=O)=O)cc2)CC1. The van der Waals surface area contributed by atoms with Gasteiger partial charge in [-0.3, -0.25) is 0 Å². The fourth-order valence-corrected chi connectivity index (χ4v) is 3.21. The second kappa shape index (κ2) is 6.56. The van der Waals surface area contributed by atoms with Gasteiger partial charge in [0.05, 0.1) is 5.75 Å². The lowest BCUT2D eigenvalue weighted by Crippen LogP contribution is -2.23. The molecule has 0 amide bonds. The molecule has 2 rings (SSSR count). The van der Waals surface area contributed by atoms with Gasteiger partial charge in [0.1, 0.15) is 0 Å². The zero-order valence-electron chi connectivity index (χ0n) is 11.9. The number of sulfonamides is 1. The molecule has 1 saturated heterocycles. The van der Waals surface area contributed by atoms with Gasteiger partial charge in [-0.15, -0.1) is 0 Å². The van der Waals surface area contributed by atoms with Gasteiger partial charge in [-0.1, -0.05) is 12.1 Å². The van der Waals surface area contributed by atoms with E-state index in [4.69, 9.17) is 5.14 Å². The zero-order chi connectivity index (χ0) is 14.6. The molecule has 0 bridgehead atoms. The van der Waals surface area contributed by atoms with Gasteiger partial charge in [-0.25, -0.2) is 13.6 Å². The third kappa shape index (κ3) is 5.11. The van der Waals surface area contributed by atoms with Crippen LogP contribution >= 0.6 is 0 Å². The maximum absolute atomic E-state index is 11.0. The first-order valence-corrected chi connectivity index (χ1v) is 8.68. The quantitative estimate of drug-likeness (QED) is 0.880. The molecule has 1 fully saturated rings. The van der Waals surface area contributed by atoms with E-state index < -0.39 is 10.0 Å². The van der Waals surface area contributed by atoms with Gasteiger partial charge in [0, 0.05) is 11.7 Å². The Bertz CT molecular complexity index is 528. The maximum Gasteiger partial charge on any atom is 0.213 e. The van der Waals surface area contributed by atoms with Crippen LogP contribution in [0.25, 0.3) is 0 Å². The van der Waals surface area contributed by atoms with Gasteiger partial charge < -0.3 is 10.2 Å². The topological polar surface area (TPSA) is 75.4 Å². The highest BCUT2D eigenvalue weighted by atomic mass is 32.2. The predicted molar refractivity (Wildman–Crippen MR) is 82.0 cm³/mol. The maximum atomic E-state index is 11.0. The molecule has 1 aliphatic heterocycles. The summed E-state index contributed by atoms with van der Waals surface area (Å²) in [4.78, 5) is 2.36. The van der Waals surface area contributed by atoms with Crippen molar-refractivity contribution in [2.75, 3.05) is 25.5 Å². The van der Waals surface area contributed by atoms with E-state index in [0.29, 0.717) is 6.04 Å². The largest absolute Gasteiger partial charge is 0.382 e. The average molecular weight is 297 g/mol. The highest BCUT2D eigenvalue weighted by Gasteiger charge is 2.14. The van der Waals surface area contributed by atoms with Crippen LogP contribution in [-0.2, 0) is 15.8 Å². The molecule has 1 aromatic rings. The molecule has 1 aromatic carbocycles. The highest BCUT2D eigenvalue weighted by Crippen LogP contribution is 2.17. The van der Waals surface area contributed by atoms with Crippen molar-refractivity contribution in [2.24, 2.45) is 5.14 Å². The van der Waals surface area contributed by atoms with E-state index in [2.05, 4.69) is 17.3 Å². The summed E-state index contributed by atoms with van der Waals surface area (Å²) < 4.78 is 22.1. The number of benzene rings is 1. The first-order valence-electron chi connectivity index (χ1n) is 6.97. The monoisotopic (exact) mass is 297 g/mol. The number of likely N-dealkylation sites (tertiary alicyclic amines) is 1. The van der Waals surface area contributed by atoms with Crippen LogP contribution in [0.15, 0.2) is 24.3 Å². The Morgan fingerprint density at radius 3 is 2.60 bits per heavy atom. The third-order valence-electron chi connectivity index (χ3n) is 3.64. The number of nitrogens with zero attached hydrogens (tertiary/aromatic N) is 1. The van der Waals surface area contributed by atoms with Crippen LogP contribution in [0.1, 0.15) is 24.8 Å². The van der Waals surface area contributed by atoms with E-state index in [1.54, 1.807) is 0 Å². The number of nitrogens with two attached hydrogens (primary N) is 1. The molecule has 1 aliphatic rings. The minimum Gasteiger partial charge on any atom is -0.382 e. The lowest BCUT2D eigenvalue weighted by atomic mass is 10.1. The first kappa shape index (κ1) is 15.3. The van der Waals surface area contributed by atoms with Crippen LogP contribution in [0.5, 0.6) is 0 Å². The average Bonchev–Trinajstić information content (AvgIpc) is 2.55. The Morgan fingerprint density at radius 1 is 1.25 bits per heavy atom. The molecule has 1 atom stereocenters. The zero-order valence-corrected chi connectivity index (χ0v) is 12.7. The van der Waals surface area contributed by atoms with Crippen molar-refractivity contribution in [2.45, 2.75) is 31.1 Å². The van der Waals surface area contributed by atoms with Crippen molar-refractivity contribution in [3.05, 3.63) is 29.8 Å². The molecule has 20 heavy (non-hydrogen) atoms. The lowest BCUT2D eigenvalue weighted by Gasteiger charge is -2.18. The summed E-state index contributed by atoms with van der Waals surface area (Å²) in [6.45, 7) is 2.27. The van der Waals surface area contributed by atoms with Gasteiger partial charge in [-0.05, 0) is 57.1 Å². The van der Waals surface area contributed by atoms with Crippen LogP contribution in [0.2, 0.25) is 0 Å². The number of rotatable bonds is 4. The summed E-state index contributed by atoms with van der Waals surface area (Å²) in [5, 5.41) is 8.56. The molecule has 0 aliphatic carbocycles. The fourth-order valence-electron chi connectivity index (χ4n) is 2.55. The molecule has 6 heteroatoms. The normalized spacial score (nSPS) is 21.4. The van der Waals surface area contributed by atoms with Crippen molar-refractivity contribution in [1.29, 1.82) is 0 Å². The van der Waals surface area contributed by atoms with Crippen LogP contribution < -0.4 is 10.5 Å². The molecule has 0 aromatic heterocycles. The summed E-state index contributed by atoms with van der Waals surface area (Å²) in [5.41, 5.74) is 1.76. The van der Waals surface area contributed by atoms with Crippen LogP contribution in [0.3, 0.4) is 0 Å². The van der Waals surface area contributed by atoms with Gasteiger partial charge in [0.25, 0.3) is 0 Å². The summed E-state index contributed by atoms with van der Waals surface area (Å²) >= 11 is 0. The lowest BCUT2D eigenvalue weighted by molar-refractivity contribution is 0.348. The molecular weight excluding hydrogens is 274 g/mol. The number of anilines is 1. The Kier molecular flexibility index (Phi) is 5.01. The van der Waals surface area contributed by atoms with E-state index in [-0.39, 0.29) is 5.75 Å². The highest BCUT2D eigenvalue weighted by molar-refractivity contribution is 7.88. The Morgan fingerprint density at radius 2 is 1.95 bits per heavy atom. The molecule has 3 N–H and O–H groups in total. The van der Waals surface area contributed by atoms with Crippen LogP contribution in [0.4, 0.5) is 5.69 Å². The number of primary sulfonamides is 1. The van der Waals surface area contributed by atoms with Crippen molar-refractivity contribution < 1.29 is 8.42 Å². The van der Waals surface area contributed by atoms with Gasteiger partial charge in [-0.2, -0.15) is 0 Å². The predicted octanol–water partition coefficient (Wildman–Crippen LogP) is 1.37. The Labute approximate surface area is 121 Å². The molecule has 0 saturated carbocycles. The minimum absolute atomic E-state index is 0.110. The molecule has 5 nitrogen and oxygen atoms in total. The smallest absolute Gasteiger partial charge is 0.213 e. The summed E-state index contributed by atoms with van der Waals surface area (Å²) in [7, 11) is -1.30. The molecule has 1 heterocycles. The Hall–Kier alpha value is -1.11. The van der Waals surface area contributed by atoms with Crippen molar-refractivity contribution >= 4 is 15.7 Å². The molecule has 1 unspecified atom stereocenters. The fraction of sp³-hybridized carbons (Fsp3) is 0.571. The van der Waals surface area contributed by atoms with E-state index in [1.807, 2.05) is 24.3 Å². The summed E-state index contributed by atoms with van der Waals surface area (Å²) in [6, 6.07) is 7.97. The molecular formula is C14H23N3O2S. The van der Waals surface area contributed by atoms with Gasteiger partial charge in [0.15, 0.2) is 0 Å². The summed E-state index contributed by atoms with van der Waals surface area (Å²) in [5.74, 6) is -0.110. The van der Waals surface area contributed by atoms with Crippen LogP contribution in [0, 0.1) is 0 Å². The standard InChI is InChI=1S/C14H23N3O2S/c1-17-9-2-3-13(8-10-17)16-14-6-4-12(5-7-14)11-20(15,18)19/h4-7,13,16H,2-3,8-11H2,1H3,(H2,15,18,19). The number of nitrogens with one attached hydrogen (secondary N) is 1. The van der Waals surface area contributed by atoms with E-state index in [0.717, 1.165) is 30.8 Å². The van der Waals surface area contributed by atoms with Crippen LogP contribution in [-0.4, -0.2) is 39.5 Å². The van der Waals surface area contributed by atoms with Crippen molar-refractivity contribution in [3.63, 3.8) is 0 Å². The van der Waals surface area contributed by atoms with E-state index in [1.165, 1.54) is 12.8 Å². The third-order valence-corrected chi connectivity index (χ3v) is 4.38. The molecule has 112 valence electrons. The number of hydrogen-bond acceptors (Lipinski definition) is 4. The van der Waals surface area contributed by atoms with E-state index >= 15 is 0 Å². The minimum atomic E-state index is -3.45. The molecule has 0 radical (unpaired) electrons. The van der Waals surface area contributed by atoms with Gasteiger partial charge >= 0.3 is 0 Å². The summed E-state index contributed by atoms with van der Waals surface area (Å²) in [6.07, 6.45) is 3.51. The molecule has 0 spiro atoms. The van der Waals surface area contributed by atoms with Crippen molar-refractivity contribution in [1.82, 2.24) is 4.90 Å². The van der Waals surface area contributed by atoms with Crippen molar-refractivity contribution in [3.8, 4) is 0 Å². The second-order valence-electron chi connectivity index (χ2n) is 5.58. The van der Waals surface area contributed by atoms with E-state index in [9.17, 15) is 8.42 Å². The number of hydrogen-bond donors (Lipinski definition) is 2. The Balaban J connectivity index is 1.93. The second-order valence-corrected chi connectivity index (χ2v) is 7.19. The van der Waals surface area contributed by atoms with Gasteiger partial charge in [0.2, 0.25) is 10.0 Å². The first-order chi connectivity index (χ1) is 9.42.